The molecule has 0 radical (unpaired) electrons. The fourth-order valence-electron chi connectivity index (χ4n) is 6.04. The van der Waals surface area contributed by atoms with Gasteiger partial charge < -0.3 is 14.2 Å². The van der Waals surface area contributed by atoms with Crippen LogP contribution in [0.5, 0.6) is 0 Å². The minimum absolute atomic E-state index is 0.161. The molecule has 6 heteroatoms. The van der Waals surface area contributed by atoms with Crippen LogP contribution in [0.2, 0.25) is 0 Å². The standard InChI is InChI=1S/C36H64N2O4/c1-7-8-9-10-11-12-13-14-15-16-17-18-19-20-22-25-33(39)36-30(2)32(27-28-35(41)42-6)38(31(36)3)29-24-21-23-26-34(40)37(4)5/h7-29H2,1-6H3. The molecule has 6 nitrogen and oxygen atoms in total. The number of unbranched alkanes of at least 4 members (excludes halogenated alkanes) is 16. The van der Waals surface area contributed by atoms with Gasteiger partial charge in [-0.2, -0.15) is 0 Å². The van der Waals surface area contributed by atoms with Gasteiger partial charge in [0.1, 0.15) is 0 Å². The van der Waals surface area contributed by atoms with E-state index in [2.05, 4.69) is 11.5 Å². The summed E-state index contributed by atoms with van der Waals surface area (Å²) in [5.41, 5.74) is 3.96. The van der Waals surface area contributed by atoms with Crippen molar-refractivity contribution in [3.05, 3.63) is 22.5 Å². The number of ether oxygens (including phenoxy) is 1. The summed E-state index contributed by atoms with van der Waals surface area (Å²) in [6.07, 6.45) is 24.5. The third-order valence-electron chi connectivity index (χ3n) is 8.75. The molecule has 0 saturated heterocycles. The Bertz CT molecular complexity index is 903. The molecule has 242 valence electrons. The SMILES string of the molecule is CCCCCCCCCCCCCCCCCC(=O)c1c(C)c(CCC(=O)OC)n(CCCCCC(=O)N(C)C)c1C. The molecule has 1 amide bonds. The molecular formula is C36H64N2O4. The lowest BCUT2D eigenvalue weighted by molar-refractivity contribution is -0.140. The lowest BCUT2D eigenvalue weighted by Crippen LogP contribution is -2.21. The first-order valence-electron chi connectivity index (χ1n) is 17.2. The van der Waals surface area contributed by atoms with Crippen LogP contribution in [0.1, 0.15) is 169 Å². The number of Topliss-reactive ketones (excluding diaryl/α,β-unsaturated/α-hetero) is 1. The minimum atomic E-state index is -0.229. The zero-order chi connectivity index (χ0) is 31.2. The van der Waals surface area contributed by atoms with Gasteiger partial charge in [0.25, 0.3) is 0 Å². The first-order valence-corrected chi connectivity index (χ1v) is 17.2. The molecule has 0 saturated carbocycles. The monoisotopic (exact) mass is 588 g/mol. The molecule has 0 bridgehead atoms. The molecule has 1 heterocycles. The van der Waals surface area contributed by atoms with Gasteiger partial charge in [0.2, 0.25) is 5.91 Å². The number of hydrogen-bond donors (Lipinski definition) is 0. The van der Waals surface area contributed by atoms with Gasteiger partial charge in [-0.05, 0) is 45.1 Å². The quantitative estimate of drug-likeness (QED) is 0.0614. The number of methoxy groups -OCH3 is 1. The topological polar surface area (TPSA) is 68.6 Å². The van der Waals surface area contributed by atoms with Crippen molar-refractivity contribution in [1.82, 2.24) is 9.47 Å². The molecule has 0 aliphatic rings. The number of carbonyl (C=O) groups excluding carboxylic acids is 3. The molecular weight excluding hydrogens is 524 g/mol. The van der Waals surface area contributed by atoms with Crippen molar-refractivity contribution in [3.63, 3.8) is 0 Å². The van der Waals surface area contributed by atoms with E-state index < -0.39 is 0 Å². The predicted molar refractivity (Wildman–Crippen MR) is 175 cm³/mol. The molecule has 0 spiro atoms. The third-order valence-corrected chi connectivity index (χ3v) is 8.75. The highest BCUT2D eigenvalue weighted by atomic mass is 16.5. The van der Waals surface area contributed by atoms with Crippen LogP contribution < -0.4 is 0 Å². The van der Waals surface area contributed by atoms with Crippen molar-refractivity contribution in [2.75, 3.05) is 21.2 Å². The van der Waals surface area contributed by atoms with Crippen LogP contribution in [0.15, 0.2) is 0 Å². The number of rotatable bonds is 26. The van der Waals surface area contributed by atoms with E-state index >= 15 is 0 Å². The van der Waals surface area contributed by atoms with E-state index in [1.807, 2.05) is 13.8 Å². The largest absolute Gasteiger partial charge is 0.469 e. The van der Waals surface area contributed by atoms with E-state index in [1.165, 1.54) is 90.6 Å². The van der Waals surface area contributed by atoms with Crippen molar-refractivity contribution >= 4 is 17.7 Å². The molecule has 1 aromatic rings. The summed E-state index contributed by atoms with van der Waals surface area (Å²) < 4.78 is 7.12. The lowest BCUT2D eigenvalue weighted by Gasteiger charge is -2.13. The van der Waals surface area contributed by atoms with Crippen molar-refractivity contribution in [1.29, 1.82) is 0 Å². The van der Waals surface area contributed by atoms with Gasteiger partial charge in [-0.1, -0.05) is 103 Å². The van der Waals surface area contributed by atoms with Crippen molar-refractivity contribution in [2.24, 2.45) is 0 Å². The third kappa shape index (κ3) is 15.4. The zero-order valence-electron chi connectivity index (χ0n) is 28.3. The van der Waals surface area contributed by atoms with Crippen LogP contribution in [0.4, 0.5) is 0 Å². The Morgan fingerprint density at radius 1 is 0.667 bits per heavy atom. The van der Waals surface area contributed by atoms with Gasteiger partial charge in [-0.25, -0.2) is 0 Å². The second kappa shape index (κ2) is 23.4. The first-order chi connectivity index (χ1) is 20.2. The summed E-state index contributed by atoms with van der Waals surface area (Å²) in [7, 11) is 5.00. The van der Waals surface area contributed by atoms with Gasteiger partial charge in [-0.3, -0.25) is 14.4 Å². The molecule has 0 aliphatic carbocycles. The maximum atomic E-state index is 13.3. The molecule has 0 aliphatic heterocycles. The summed E-state index contributed by atoms with van der Waals surface area (Å²) in [6.45, 7) is 7.15. The Morgan fingerprint density at radius 3 is 1.64 bits per heavy atom. The van der Waals surface area contributed by atoms with Gasteiger partial charge >= 0.3 is 5.97 Å². The van der Waals surface area contributed by atoms with Gasteiger partial charge in [-0.15, -0.1) is 0 Å². The number of amides is 1. The average molecular weight is 589 g/mol. The number of ketones is 1. The molecule has 1 rings (SSSR count). The Labute approximate surface area is 258 Å². The van der Waals surface area contributed by atoms with Crippen LogP contribution in [0.25, 0.3) is 0 Å². The average Bonchev–Trinajstić information content (AvgIpc) is 3.21. The minimum Gasteiger partial charge on any atom is -0.469 e. The fourth-order valence-corrected chi connectivity index (χ4v) is 6.04. The summed E-state index contributed by atoms with van der Waals surface area (Å²) >= 11 is 0. The van der Waals surface area contributed by atoms with Gasteiger partial charge in [0.15, 0.2) is 5.78 Å². The van der Waals surface area contributed by atoms with E-state index in [0.717, 1.165) is 61.2 Å². The summed E-state index contributed by atoms with van der Waals surface area (Å²) in [4.78, 5) is 38.7. The number of hydrogen-bond acceptors (Lipinski definition) is 4. The highest BCUT2D eigenvalue weighted by Crippen LogP contribution is 2.27. The maximum absolute atomic E-state index is 13.3. The lowest BCUT2D eigenvalue weighted by atomic mass is 9.99. The highest BCUT2D eigenvalue weighted by molar-refractivity contribution is 5.99. The molecule has 0 fully saturated rings. The molecule has 0 N–H and O–H groups in total. The van der Waals surface area contributed by atoms with Crippen LogP contribution in [-0.4, -0.2) is 48.3 Å². The van der Waals surface area contributed by atoms with E-state index in [9.17, 15) is 14.4 Å². The van der Waals surface area contributed by atoms with E-state index in [-0.39, 0.29) is 17.7 Å². The second-order valence-corrected chi connectivity index (χ2v) is 12.5. The van der Waals surface area contributed by atoms with Crippen LogP contribution >= 0.6 is 0 Å². The number of aromatic nitrogens is 1. The summed E-state index contributed by atoms with van der Waals surface area (Å²) in [6, 6.07) is 0. The van der Waals surface area contributed by atoms with Crippen LogP contribution in [-0.2, 0) is 27.3 Å². The Hall–Kier alpha value is -2.11. The Balaban J connectivity index is 2.45. The zero-order valence-corrected chi connectivity index (χ0v) is 28.3. The van der Waals surface area contributed by atoms with Crippen LogP contribution in [0.3, 0.4) is 0 Å². The highest BCUT2D eigenvalue weighted by Gasteiger charge is 2.22. The molecule has 42 heavy (non-hydrogen) atoms. The summed E-state index contributed by atoms with van der Waals surface area (Å²) in [5, 5.41) is 0. The maximum Gasteiger partial charge on any atom is 0.305 e. The molecule has 0 aromatic carbocycles. The molecule has 0 unspecified atom stereocenters. The van der Waals surface area contributed by atoms with E-state index in [0.29, 0.717) is 25.7 Å². The smallest absolute Gasteiger partial charge is 0.305 e. The number of nitrogens with zero attached hydrogens (tertiary/aromatic N) is 2. The first kappa shape index (κ1) is 37.9. The molecule has 1 aromatic heterocycles. The van der Waals surface area contributed by atoms with E-state index in [4.69, 9.17) is 4.74 Å². The van der Waals surface area contributed by atoms with Crippen molar-refractivity contribution in [2.45, 2.75) is 169 Å². The Kier molecular flexibility index (Phi) is 21.1. The normalized spacial score (nSPS) is 11.2. The van der Waals surface area contributed by atoms with Crippen molar-refractivity contribution in [3.8, 4) is 0 Å². The fraction of sp³-hybridized carbons (Fsp3) is 0.806. The summed E-state index contributed by atoms with van der Waals surface area (Å²) in [5.74, 6) is 0.162. The number of carbonyl (C=O) groups is 3. The van der Waals surface area contributed by atoms with Gasteiger partial charge in [0.05, 0.1) is 13.5 Å². The second-order valence-electron chi connectivity index (χ2n) is 12.5. The van der Waals surface area contributed by atoms with Crippen LogP contribution in [0, 0.1) is 13.8 Å². The molecule has 0 atom stereocenters. The van der Waals surface area contributed by atoms with Gasteiger partial charge in [0, 0.05) is 50.4 Å². The number of esters is 1. The van der Waals surface area contributed by atoms with E-state index in [1.54, 1.807) is 19.0 Å². The predicted octanol–water partition coefficient (Wildman–Crippen LogP) is 9.30. The van der Waals surface area contributed by atoms with Crippen molar-refractivity contribution < 1.29 is 19.1 Å². The Morgan fingerprint density at radius 2 is 1.14 bits per heavy atom.